The van der Waals surface area contributed by atoms with Crippen molar-refractivity contribution in [2.75, 3.05) is 13.1 Å². The first-order chi connectivity index (χ1) is 22.3. The number of nitrogens with one attached hydrogen (secondary N) is 6. The molecule has 0 aliphatic heterocycles. The lowest BCUT2D eigenvalue weighted by atomic mass is 9.99. The number of alkyl carbamates (subject to hydrolysis) is 1. The summed E-state index contributed by atoms with van der Waals surface area (Å²) in [6, 6.07) is 16.5. The summed E-state index contributed by atoms with van der Waals surface area (Å²) >= 11 is 3.47. The second-order valence-corrected chi connectivity index (χ2v) is 13.3. The van der Waals surface area contributed by atoms with Crippen molar-refractivity contribution in [2.24, 2.45) is 17.6 Å². The Bertz CT molecular complexity index is 1280. The molecular weight excluding hydrogens is 666 g/mol. The van der Waals surface area contributed by atoms with Crippen LogP contribution in [0.4, 0.5) is 4.79 Å². The van der Waals surface area contributed by atoms with Crippen LogP contribution in [-0.2, 0) is 32.1 Å². The SMILES string of the molecule is CC(C)C[C@H](NC(=O)[C@H](CCCNC(=N)N)NC(=O)OCc1ccccc1)C(=O)N[C@H](CNC(=O)[C@H](Br)Cc1ccccc1)C(C)C. The lowest BCUT2D eigenvalue weighted by Gasteiger charge is -2.28. The number of amides is 4. The van der Waals surface area contributed by atoms with Gasteiger partial charge in [-0.25, -0.2) is 4.79 Å². The number of alkyl halides is 1. The molecule has 0 aliphatic carbocycles. The van der Waals surface area contributed by atoms with Gasteiger partial charge in [0.15, 0.2) is 5.96 Å². The highest BCUT2D eigenvalue weighted by Crippen LogP contribution is 2.12. The van der Waals surface area contributed by atoms with E-state index in [1.165, 1.54) is 0 Å². The van der Waals surface area contributed by atoms with Crippen LogP contribution in [0.3, 0.4) is 0 Å². The van der Waals surface area contributed by atoms with E-state index in [1.54, 1.807) is 0 Å². The summed E-state index contributed by atoms with van der Waals surface area (Å²) in [4.78, 5) is 52.2. The maximum absolute atomic E-state index is 13.6. The van der Waals surface area contributed by atoms with Crippen molar-refractivity contribution in [1.82, 2.24) is 26.6 Å². The van der Waals surface area contributed by atoms with Crippen LogP contribution in [-0.4, -0.2) is 65.8 Å². The van der Waals surface area contributed by atoms with Gasteiger partial charge in [-0.15, -0.1) is 0 Å². The summed E-state index contributed by atoms with van der Waals surface area (Å²) in [7, 11) is 0. The van der Waals surface area contributed by atoms with Gasteiger partial charge in [-0.2, -0.15) is 0 Å². The number of rotatable bonds is 19. The first-order valence-corrected chi connectivity index (χ1v) is 16.9. The van der Waals surface area contributed by atoms with Crippen LogP contribution in [0, 0.1) is 17.2 Å². The van der Waals surface area contributed by atoms with Gasteiger partial charge in [0.2, 0.25) is 17.7 Å². The molecule has 2 rings (SSSR count). The average molecular weight is 717 g/mol. The third-order valence-corrected chi connectivity index (χ3v) is 8.06. The molecule has 8 N–H and O–H groups in total. The number of hydrogen-bond donors (Lipinski definition) is 7. The molecule has 13 heteroatoms. The van der Waals surface area contributed by atoms with Crippen molar-refractivity contribution in [3.8, 4) is 0 Å². The zero-order valence-electron chi connectivity index (χ0n) is 27.7. The fourth-order valence-corrected chi connectivity index (χ4v) is 5.19. The molecule has 0 saturated carbocycles. The quantitative estimate of drug-likeness (QED) is 0.0503. The highest BCUT2D eigenvalue weighted by molar-refractivity contribution is 9.10. The molecule has 0 bridgehead atoms. The van der Waals surface area contributed by atoms with E-state index in [0.29, 0.717) is 25.8 Å². The lowest BCUT2D eigenvalue weighted by molar-refractivity contribution is -0.131. The van der Waals surface area contributed by atoms with E-state index in [-0.39, 0.29) is 49.2 Å². The molecule has 47 heavy (non-hydrogen) atoms. The number of benzene rings is 2. The van der Waals surface area contributed by atoms with E-state index in [2.05, 4.69) is 42.5 Å². The van der Waals surface area contributed by atoms with Gasteiger partial charge in [-0.3, -0.25) is 19.8 Å². The number of guanidine groups is 1. The third-order valence-electron chi connectivity index (χ3n) is 7.32. The zero-order chi connectivity index (χ0) is 34.8. The van der Waals surface area contributed by atoms with Crippen LogP contribution in [0.5, 0.6) is 0 Å². The monoisotopic (exact) mass is 715 g/mol. The molecule has 0 saturated heterocycles. The largest absolute Gasteiger partial charge is 0.445 e. The van der Waals surface area contributed by atoms with Gasteiger partial charge in [0.25, 0.3) is 0 Å². The number of ether oxygens (including phenoxy) is 1. The van der Waals surface area contributed by atoms with E-state index in [9.17, 15) is 19.2 Å². The van der Waals surface area contributed by atoms with E-state index < -0.39 is 35.0 Å². The minimum absolute atomic E-state index is 0.0138. The Kier molecular flexibility index (Phi) is 17.4. The fourth-order valence-electron chi connectivity index (χ4n) is 4.65. The molecule has 4 atom stereocenters. The molecule has 0 heterocycles. The summed E-state index contributed by atoms with van der Waals surface area (Å²) < 4.78 is 5.33. The molecule has 4 amide bonds. The highest BCUT2D eigenvalue weighted by atomic mass is 79.9. The Morgan fingerprint density at radius 3 is 1.98 bits per heavy atom. The maximum atomic E-state index is 13.6. The van der Waals surface area contributed by atoms with E-state index in [4.69, 9.17) is 15.9 Å². The van der Waals surface area contributed by atoms with Crippen molar-refractivity contribution in [3.05, 3.63) is 71.8 Å². The molecule has 2 aromatic rings. The number of carbonyl (C=O) groups is 4. The molecule has 0 fully saturated rings. The fraction of sp³-hybridized carbons (Fsp3) is 0.500. The summed E-state index contributed by atoms with van der Waals surface area (Å²) in [6.07, 6.45) is 0.720. The second kappa shape index (κ2) is 20.9. The van der Waals surface area contributed by atoms with Gasteiger partial charge in [0.05, 0.1) is 4.83 Å². The number of carbonyl (C=O) groups excluding carboxylic acids is 4. The van der Waals surface area contributed by atoms with Crippen LogP contribution in [0.1, 0.15) is 58.1 Å². The van der Waals surface area contributed by atoms with E-state index in [0.717, 1.165) is 11.1 Å². The Hall–Kier alpha value is -4.13. The second-order valence-electron chi connectivity index (χ2n) is 12.2. The third kappa shape index (κ3) is 15.8. The molecule has 0 unspecified atom stereocenters. The van der Waals surface area contributed by atoms with Crippen molar-refractivity contribution < 1.29 is 23.9 Å². The number of hydrogen-bond acceptors (Lipinski definition) is 6. The van der Waals surface area contributed by atoms with Crippen molar-refractivity contribution in [3.63, 3.8) is 0 Å². The normalized spacial score (nSPS) is 13.5. The lowest BCUT2D eigenvalue weighted by Crippen LogP contribution is -2.57. The Balaban J connectivity index is 2.05. The van der Waals surface area contributed by atoms with Gasteiger partial charge in [0, 0.05) is 19.1 Å². The first-order valence-electron chi connectivity index (χ1n) is 16.0. The number of nitrogens with two attached hydrogens (primary N) is 1. The van der Waals surface area contributed by atoms with Crippen molar-refractivity contribution >= 4 is 45.7 Å². The van der Waals surface area contributed by atoms with Crippen LogP contribution >= 0.6 is 15.9 Å². The van der Waals surface area contributed by atoms with Gasteiger partial charge >= 0.3 is 6.09 Å². The van der Waals surface area contributed by atoms with Crippen LogP contribution in [0.25, 0.3) is 0 Å². The summed E-state index contributed by atoms with van der Waals surface area (Å²) in [6.45, 7) is 8.33. The molecule has 2 aromatic carbocycles. The van der Waals surface area contributed by atoms with E-state index in [1.807, 2.05) is 88.4 Å². The molecule has 0 spiro atoms. The minimum atomic E-state index is -1.00. The van der Waals surface area contributed by atoms with Gasteiger partial charge in [0.1, 0.15) is 18.7 Å². The molecule has 0 aromatic heterocycles. The maximum Gasteiger partial charge on any atom is 0.408 e. The molecule has 0 radical (unpaired) electrons. The van der Waals surface area contributed by atoms with Crippen LogP contribution in [0.2, 0.25) is 0 Å². The predicted octanol–water partition coefficient (Wildman–Crippen LogP) is 3.34. The smallest absolute Gasteiger partial charge is 0.408 e. The van der Waals surface area contributed by atoms with Gasteiger partial charge < -0.3 is 37.1 Å². The highest BCUT2D eigenvalue weighted by Gasteiger charge is 2.30. The van der Waals surface area contributed by atoms with Crippen molar-refractivity contribution in [2.45, 2.75) is 82.9 Å². The molecular formula is C34H50BrN7O5. The Morgan fingerprint density at radius 1 is 0.809 bits per heavy atom. The molecule has 12 nitrogen and oxygen atoms in total. The van der Waals surface area contributed by atoms with E-state index >= 15 is 0 Å². The standard InChI is InChI=1S/C34H50BrN7O5/c1-22(2)18-28(32(45)41-29(23(3)4)20-39-30(43)26(35)19-24-12-7-5-8-13-24)40-31(44)27(16-11-17-38-33(36)37)42-34(46)47-21-25-14-9-6-10-15-25/h5-10,12-15,22-23,26-29H,11,16-21H2,1-4H3,(H,39,43)(H,40,44)(H,41,45)(H,42,46)(H4,36,37,38)/t26-,27+,28+,29-/m1/s1. The molecule has 0 aliphatic rings. The summed E-state index contributed by atoms with van der Waals surface area (Å²) in [5, 5.41) is 21.4. The average Bonchev–Trinajstić information content (AvgIpc) is 3.03. The summed E-state index contributed by atoms with van der Waals surface area (Å²) in [5.74, 6) is -1.26. The Morgan fingerprint density at radius 2 is 1.40 bits per heavy atom. The van der Waals surface area contributed by atoms with Crippen LogP contribution in [0.15, 0.2) is 60.7 Å². The zero-order valence-corrected chi connectivity index (χ0v) is 29.3. The predicted molar refractivity (Wildman–Crippen MR) is 187 cm³/mol. The Labute approximate surface area is 286 Å². The van der Waals surface area contributed by atoms with Gasteiger partial charge in [-0.1, -0.05) is 104 Å². The molecule has 258 valence electrons. The number of halogens is 1. The first kappa shape index (κ1) is 39.1. The van der Waals surface area contributed by atoms with Crippen LogP contribution < -0.4 is 32.3 Å². The summed E-state index contributed by atoms with van der Waals surface area (Å²) in [5.41, 5.74) is 7.19. The topological polar surface area (TPSA) is 188 Å². The van der Waals surface area contributed by atoms with Crippen molar-refractivity contribution in [1.29, 1.82) is 5.41 Å². The minimum Gasteiger partial charge on any atom is -0.445 e. The van der Waals surface area contributed by atoms with Gasteiger partial charge in [-0.05, 0) is 48.6 Å².